The zero-order valence-electron chi connectivity index (χ0n) is 13.8. The van der Waals surface area contributed by atoms with E-state index in [1.807, 2.05) is 0 Å². The lowest BCUT2D eigenvalue weighted by Crippen LogP contribution is -2.49. The van der Waals surface area contributed by atoms with E-state index in [1.54, 1.807) is 0 Å². The lowest BCUT2D eigenvalue weighted by Gasteiger charge is -2.49. The Morgan fingerprint density at radius 2 is 1.26 bits per heavy atom. The van der Waals surface area contributed by atoms with Gasteiger partial charge in [-0.3, -0.25) is 0 Å². The average molecular weight is 281 g/mol. The first-order chi connectivity index (χ1) is 8.81. The molecule has 2 saturated carbocycles. The Balaban J connectivity index is 1.91. The predicted molar refractivity (Wildman–Crippen MR) is 84.4 cm³/mol. The molecule has 1 heterocycles. The Bertz CT molecular complexity index is 328. The molecule has 2 aliphatic carbocycles. The maximum atomic E-state index is 6.25. The SMILES string of the molecule is CC(C)[Si](C(C)C)(C(C)C)C1C[C@]23CCC[C@@]2(C1)O3. The van der Waals surface area contributed by atoms with Crippen LogP contribution >= 0.6 is 0 Å². The van der Waals surface area contributed by atoms with E-state index in [9.17, 15) is 0 Å². The molecule has 19 heavy (non-hydrogen) atoms. The average Bonchev–Trinajstić information content (AvgIpc) is 2.56. The summed E-state index contributed by atoms with van der Waals surface area (Å²) in [6.45, 7) is 15.1. The molecule has 0 aromatic carbocycles. The number of epoxide rings is 1. The number of ether oxygens (including phenoxy) is 1. The van der Waals surface area contributed by atoms with Gasteiger partial charge < -0.3 is 4.74 Å². The minimum atomic E-state index is -1.26. The number of rotatable bonds is 4. The second-order valence-electron chi connectivity index (χ2n) is 8.51. The molecule has 3 fully saturated rings. The molecule has 0 aromatic rings. The summed E-state index contributed by atoms with van der Waals surface area (Å²) >= 11 is 0. The zero-order valence-corrected chi connectivity index (χ0v) is 14.8. The van der Waals surface area contributed by atoms with Crippen LogP contribution in [0.4, 0.5) is 0 Å². The molecular formula is C17H32OSi. The van der Waals surface area contributed by atoms with Crippen molar-refractivity contribution in [1.29, 1.82) is 0 Å². The van der Waals surface area contributed by atoms with Gasteiger partial charge in [0.15, 0.2) is 0 Å². The van der Waals surface area contributed by atoms with Gasteiger partial charge >= 0.3 is 0 Å². The molecule has 3 atom stereocenters. The van der Waals surface area contributed by atoms with Crippen LogP contribution in [0.1, 0.15) is 73.6 Å². The van der Waals surface area contributed by atoms with Gasteiger partial charge in [0.2, 0.25) is 0 Å². The van der Waals surface area contributed by atoms with E-state index in [1.165, 1.54) is 32.1 Å². The van der Waals surface area contributed by atoms with Crippen LogP contribution in [0.15, 0.2) is 0 Å². The van der Waals surface area contributed by atoms with Gasteiger partial charge in [0.25, 0.3) is 0 Å². The maximum absolute atomic E-state index is 6.25. The molecule has 110 valence electrons. The van der Waals surface area contributed by atoms with Gasteiger partial charge in [-0.1, -0.05) is 58.2 Å². The van der Waals surface area contributed by atoms with E-state index in [2.05, 4.69) is 41.5 Å². The molecule has 0 spiro atoms. The third kappa shape index (κ3) is 1.56. The molecule has 0 radical (unpaired) electrons. The minimum absolute atomic E-state index is 0.370. The van der Waals surface area contributed by atoms with Crippen molar-refractivity contribution in [3.05, 3.63) is 0 Å². The molecule has 0 N–H and O–H groups in total. The smallest absolute Gasteiger partial charge is 0.0980 e. The van der Waals surface area contributed by atoms with Gasteiger partial charge in [-0.05, 0) is 37.6 Å². The zero-order chi connectivity index (χ0) is 14.1. The van der Waals surface area contributed by atoms with E-state index in [-0.39, 0.29) is 0 Å². The molecule has 0 amide bonds. The molecule has 0 bridgehead atoms. The fraction of sp³-hybridized carbons (Fsp3) is 1.00. The third-order valence-corrected chi connectivity index (χ3v) is 15.0. The second-order valence-corrected chi connectivity index (χ2v) is 14.8. The van der Waals surface area contributed by atoms with E-state index in [0.717, 1.165) is 22.2 Å². The highest BCUT2D eigenvalue weighted by Gasteiger charge is 2.78. The fourth-order valence-electron chi connectivity index (χ4n) is 6.86. The van der Waals surface area contributed by atoms with Crippen molar-refractivity contribution in [2.45, 2.75) is 107 Å². The molecule has 1 aliphatic heterocycles. The highest BCUT2D eigenvalue weighted by atomic mass is 28.3. The maximum Gasteiger partial charge on any atom is 0.0980 e. The minimum Gasteiger partial charge on any atom is -0.363 e. The molecule has 3 rings (SSSR count). The van der Waals surface area contributed by atoms with Crippen molar-refractivity contribution in [2.24, 2.45) is 0 Å². The van der Waals surface area contributed by atoms with Crippen LogP contribution in [0.3, 0.4) is 0 Å². The number of hydrogen-bond acceptors (Lipinski definition) is 1. The van der Waals surface area contributed by atoms with Crippen molar-refractivity contribution in [3.8, 4) is 0 Å². The van der Waals surface area contributed by atoms with Crippen molar-refractivity contribution in [2.75, 3.05) is 0 Å². The quantitative estimate of drug-likeness (QED) is 0.488. The first-order valence-corrected chi connectivity index (χ1v) is 10.8. The van der Waals surface area contributed by atoms with Crippen LogP contribution in [0.5, 0.6) is 0 Å². The molecule has 3 aliphatic rings. The van der Waals surface area contributed by atoms with Crippen LogP contribution in [-0.4, -0.2) is 19.3 Å². The summed E-state index contributed by atoms with van der Waals surface area (Å²) in [5.74, 6) is 0. The Morgan fingerprint density at radius 1 is 0.842 bits per heavy atom. The normalized spacial score (nSPS) is 41.2. The van der Waals surface area contributed by atoms with E-state index < -0.39 is 8.07 Å². The summed E-state index contributed by atoms with van der Waals surface area (Å²) in [6, 6.07) is 0. The molecule has 0 aromatic heterocycles. The lowest BCUT2D eigenvalue weighted by atomic mass is 10.0. The topological polar surface area (TPSA) is 12.5 Å². The highest BCUT2D eigenvalue weighted by Crippen LogP contribution is 2.74. The molecular weight excluding hydrogens is 248 g/mol. The van der Waals surface area contributed by atoms with Crippen LogP contribution < -0.4 is 0 Å². The Labute approximate surface area is 120 Å². The standard InChI is InChI=1S/C17H32OSi/c1-12(2)19(13(3)4,14(5)6)15-10-16-8-7-9-17(16,11-15)18-16/h12-15H,7-11H2,1-6H3/t15?,16-,17+. The van der Waals surface area contributed by atoms with Crippen LogP contribution in [0.25, 0.3) is 0 Å². The molecule has 2 heteroatoms. The van der Waals surface area contributed by atoms with Crippen LogP contribution in [0, 0.1) is 0 Å². The Hall–Kier alpha value is 0.177. The van der Waals surface area contributed by atoms with Crippen molar-refractivity contribution < 1.29 is 4.74 Å². The third-order valence-electron chi connectivity index (χ3n) is 7.20. The van der Waals surface area contributed by atoms with Crippen molar-refractivity contribution in [3.63, 3.8) is 0 Å². The van der Waals surface area contributed by atoms with Gasteiger partial charge in [-0.2, -0.15) is 0 Å². The van der Waals surface area contributed by atoms with E-state index in [4.69, 9.17) is 4.74 Å². The number of hydrogen-bond donors (Lipinski definition) is 0. The second kappa shape index (κ2) is 4.10. The lowest BCUT2D eigenvalue weighted by molar-refractivity contribution is 0.172. The summed E-state index contributed by atoms with van der Waals surface area (Å²) in [4.78, 5) is 0. The summed E-state index contributed by atoms with van der Waals surface area (Å²) < 4.78 is 6.25. The van der Waals surface area contributed by atoms with Gasteiger partial charge in [-0.25, -0.2) is 0 Å². The first kappa shape index (κ1) is 14.1. The van der Waals surface area contributed by atoms with Gasteiger partial charge in [0.05, 0.1) is 19.3 Å². The van der Waals surface area contributed by atoms with Crippen molar-refractivity contribution >= 4 is 8.07 Å². The fourth-order valence-corrected chi connectivity index (χ4v) is 15.1. The predicted octanol–water partition coefficient (Wildman–Crippen LogP) is 5.52. The summed E-state index contributed by atoms with van der Waals surface area (Å²) in [7, 11) is -1.26. The summed E-state index contributed by atoms with van der Waals surface area (Å²) in [6.07, 6.45) is 6.97. The van der Waals surface area contributed by atoms with Crippen LogP contribution in [0.2, 0.25) is 22.2 Å². The van der Waals surface area contributed by atoms with Gasteiger partial charge in [0, 0.05) is 0 Å². The first-order valence-electron chi connectivity index (χ1n) is 8.51. The van der Waals surface area contributed by atoms with E-state index in [0.29, 0.717) is 11.2 Å². The Kier molecular flexibility index (Phi) is 3.05. The van der Waals surface area contributed by atoms with Crippen LogP contribution in [-0.2, 0) is 4.74 Å². The van der Waals surface area contributed by atoms with Crippen molar-refractivity contribution in [1.82, 2.24) is 0 Å². The van der Waals surface area contributed by atoms with Gasteiger partial charge in [0.1, 0.15) is 0 Å². The van der Waals surface area contributed by atoms with E-state index >= 15 is 0 Å². The molecule has 1 nitrogen and oxygen atoms in total. The van der Waals surface area contributed by atoms with Gasteiger partial charge in [-0.15, -0.1) is 0 Å². The molecule has 1 unspecified atom stereocenters. The summed E-state index contributed by atoms with van der Waals surface area (Å²) in [5, 5.41) is 0. The highest BCUT2D eigenvalue weighted by molar-refractivity contribution is 6.84. The Morgan fingerprint density at radius 3 is 1.63 bits per heavy atom. The summed E-state index contributed by atoms with van der Waals surface area (Å²) in [5.41, 5.74) is 4.47. The molecule has 1 saturated heterocycles. The largest absolute Gasteiger partial charge is 0.363 e. The monoisotopic (exact) mass is 280 g/mol.